The summed E-state index contributed by atoms with van der Waals surface area (Å²) in [6.45, 7) is 1.61. The Hall–Kier alpha value is -3.35. The molecule has 3 rings (SSSR count). The highest BCUT2D eigenvalue weighted by atomic mass is 16.5. The van der Waals surface area contributed by atoms with Gasteiger partial charge in [0, 0.05) is 11.6 Å². The predicted octanol–water partition coefficient (Wildman–Crippen LogP) is 2.72. The van der Waals surface area contributed by atoms with Gasteiger partial charge in [-0.05, 0) is 31.2 Å². The van der Waals surface area contributed by atoms with E-state index < -0.39 is 5.97 Å². The lowest BCUT2D eigenvalue weighted by Crippen LogP contribution is -2.30. The van der Waals surface area contributed by atoms with Gasteiger partial charge in [-0.1, -0.05) is 22.9 Å². The highest BCUT2D eigenvalue weighted by Gasteiger charge is 2.12. The molecule has 2 aromatic heterocycles. The molecule has 1 aromatic carbocycles. The summed E-state index contributed by atoms with van der Waals surface area (Å²) in [5.41, 5.74) is 1.91. The molecular weight excluding hydrogens is 324 g/mol. The standard InChI is InChI=1S/C18H16N2O5/c1-12-4-2-5-13(8-12)18(22)19-10-17(21)24-11-14-9-16(25-20-14)15-6-3-7-23-15/h2-9H,10-11H2,1H3,(H,19,22). The van der Waals surface area contributed by atoms with Crippen molar-refractivity contribution in [2.24, 2.45) is 0 Å². The number of hydrogen-bond donors (Lipinski definition) is 1. The number of hydrogen-bond acceptors (Lipinski definition) is 6. The molecule has 0 saturated carbocycles. The van der Waals surface area contributed by atoms with E-state index in [0.29, 0.717) is 22.8 Å². The zero-order valence-corrected chi connectivity index (χ0v) is 13.5. The quantitative estimate of drug-likeness (QED) is 0.693. The number of amides is 1. The Kier molecular flexibility index (Phi) is 4.94. The van der Waals surface area contributed by atoms with Crippen molar-refractivity contribution in [3.05, 3.63) is 65.5 Å². The normalized spacial score (nSPS) is 10.4. The van der Waals surface area contributed by atoms with Gasteiger partial charge in [0.15, 0.2) is 5.76 Å². The van der Waals surface area contributed by atoms with Crippen LogP contribution >= 0.6 is 0 Å². The number of aryl methyl sites for hydroxylation is 1. The van der Waals surface area contributed by atoms with Crippen molar-refractivity contribution in [1.29, 1.82) is 0 Å². The average molecular weight is 340 g/mol. The number of esters is 1. The number of carbonyl (C=O) groups excluding carboxylic acids is 2. The number of ether oxygens (including phenoxy) is 1. The van der Waals surface area contributed by atoms with Crippen LogP contribution in [0.4, 0.5) is 0 Å². The van der Waals surface area contributed by atoms with Crippen LogP contribution in [0, 0.1) is 6.92 Å². The van der Waals surface area contributed by atoms with E-state index in [-0.39, 0.29) is 19.1 Å². The van der Waals surface area contributed by atoms with Crippen LogP contribution in [0.2, 0.25) is 0 Å². The second kappa shape index (κ2) is 7.48. The predicted molar refractivity (Wildman–Crippen MR) is 87.5 cm³/mol. The Bertz CT molecular complexity index is 867. The molecule has 25 heavy (non-hydrogen) atoms. The van der Waals surface area contributed by atoms with Gasteiger partial charge >= 0.3 is 5.97 Å². The number of carbonyl (C=O) groups is 2. The molecule has 1 amide bonds. The molecule has 7 heteroatoms. The monoisotopic (exact) mass is 340 g/mol. The molecule has 0 aliphatic heterocycles. The van der Waals surface area contributed by atoms with Crippen LogP contribution in [-0.4, -0.2) is 23.6 Å². The minimum Gasteiger partial charge on any atom is -0.461 e. The molecule has 0 bridgehead atoms. The molecular formula is C18H16N2O5. The maximum absolute atomic E-state index is 12.0. The molecule has 0 saturated heterocycles. The van der Waals surface area contributed by atoms with Crippen molar-refractivity contribution < 1.29 is 23.3 Å². The molecule has 2 heterocycles. The Labute approximate surface area is 143 Å². The van der Waals surface area contributed by atoms with E-state index in [1.165, 1.54) is 6.26 Å². The fourth-order valence-electron chi connectivity index (χ4n) is 2.16. The molecule has 0 spiro atoms. The van der Waals surface area contributed by atoms with Crippen molar-refractivity contribution in [2.45, 2.75) is 13.5 Å². The zero-order chi connectivity index (χ0) is 17.6. The summed E-state index contributed by atoms with van der Waals surface area (Å²) >= 11 is 0. The second-order valence-electron chi connectivity index (χ2n) is 5.37. The summed E-state index contributed by atoms with van der Waals surface area (Å²) in [6, 6.07) is 12.2. The lowest BCUT2D eigenvalue weighted by molar-refractivity contribution is -0.143. The van der Waals surface area contributed by atoms with Gasteiger partial charge in [0.2, 0.25) is 5.76 Å². The van der Waals surface area contributed by atoms with Gasteiger partial charge < -0.3 is 19.0 Å². The molecule has 3 aromatic rings. The van der Waals surface area contributed by atoms with Crippen LogP contribution in [0.1, 0.15) is 21.6 Å². The maximum atomic E-state index is 12.0. The van der Waals surface area contributed by atoms with Crippen molar-refractivity contribution in [2.75, 3.05) is 6.54 Å². The second-order valence-corrected chi connectivity index (χ2v) is 5.37. The topological polar surface area (TPSA) is 94.6 Å². The summed E-state index contributed by atoms with van der Waals surface area (Å²) in [6.07, 6.45) is 1.52. The van der Waals surface area contributed by atoms with Crippen LogP contribution in [0.15, 0.2) is 57.7 Å². The average Bonchev–Trinajstić information content (AvgIpc) is 3.29. The Balaban J connectivity index is 1.46. The van der Waals surface area contributed by atoms with E-state index in [4.69, 9.17) is 13.7 Å². The molecule has 0 aliphatic carbocycles. The van der Waals surface area contributed by atoms with Gasteiger partial charge in [0.1, 0.15) is 18.8 Å². The largest absolute Gasteiger partial charge is 0.461 e. The van der Waals surface area contributed by atoms with Gasteiger partial charge in [-0.15, -0.1) is 0 Å². The minimum atomic E-state index is -0.566. The molecule has 0 radical (unpaired) electrons. The van der Waals surface area contributed by atoms with Crippen LogP contribution in [0.3, 0.4) is 0 Å². The highest BCUT2D eigenvalue weighted by Crippen LogP contribution is 2.20. The summed E-state index contributed by atoms with van der Waals surface area (Å²) in [5, 5.41) is 6.31. The number of benzene rings is 1. The van der Waals surface area contributed by atoms with E-state index in [1.807, 2.05) is 13.0 Å². The number of nitrogens with one attached hydrogen (secondary N) is 1. The van der Waals surface area contributed by atoms with Gasteiger partial charge in [0.05, 0.1) is 6.26 Å². The lowest BCUT2D eigenvalue weighted by atomic mass is 10.1. The molecule has 0 aliphatic rings. The number of rotatable bonds is 6. The minimum absolute atomic E-state index is 0.0522. The third-order valence-electron chi connectivity index (χ3n) is 3.38. The van der Waals surface area contributed by atoms with E-state index >= 15 is 0 Å². The van der Waals surface area contributed by atoms with Gasteiger partial charge in [-0.25, -0.2) is 0 Å². The van der Waals surface area contributed by atoms with Crippen molar-refractivity contribution in [1.82, 2.24) is 10.5 Å². The Morgan fingerprint density at radius 3 is 2.80 bits per heavy atom. The smallest absolute Gasteiger partial charge is 0.325 e. The van der Waals surface area contributed by atoms with Crippen LogP contribution in [0.25, 0.3) is 11.5 Å². The molecule has 0 fully saturated rings. The number of aromatic nitrogens is 1. The molecule has 1 N–H and O–H groups in total. The molecule has 7 nitrogen and oxygen atoms in total. The fourth-order valence-corrected chi connectivity index (χ4v) is 2.16. The van der Waals surface area contributed by atoms with Gasteiger partial charge in [0.25, 0.3) is 5.91 Å². The Morgan fingerprint density at radius 2 is 2.04 bits per heavy atom. The first-order valence-electron chi connectivity index (χ1n) is 7.62. The third kappa shape index (κ3) is 4.35. The van der Waals surface area contributed by atoms with Crippen LogP contribution < -0.4 is 5.32 Å². The van der Waals surface area contributed by atoms with E-state index in [2.05, 4.69) is 10.5 Å². The van der Waals surface area contributed by atoms with E-state index in [0.717, 1.165) is 5.56 Å². The lowest BCUT2D eigenvalue weighted by Gasteiger charge is -2.06. The molecule has 128 valence electrons. The van der Waals surface area contributed by atoms with Crippen molar-refractivity contribution in [3.63, 3.8) is 0 Å². The number of nitrogens with zero attached hydrogens (tertiary/aromatic N) is 1. The van der Waals surface area contributed by atoms with Gasteiger partial charge in [-0.3, -0.25) is 9.59 Å². The summed E-state index contributed by atoms with van der Waals surface area (Å²) in [7, 11) is 0. The summed E-state index contributed by atoms with van der Waals surface area (Å²) in [4.78, 5) is 23.7. The van der Waals surface area contributed by atoms with Crippen LogP contribution in [-0.2, 0) is 16.1 Å². The first kappa shape index (κ1) is 16.5. The van der Waals surface area contributed by atoms with Crippen LogP contribution in [0.5, 0.6) is 0 Å². The van der Waals surface area contributed by atoms with Gasteiger partial charge in [-0.2, -0.15) is 0 Å². The molecule has 0 atom stereocenters. The van der Waals surface area contributed by atoms with E-state index in [1.54, 1.807) is 36.4 Å². The first-order valence-corrected chi connectivity index (χ1v) is 7.62. The summed E-state index contributed by atoms with van der Waals surface area (Å²) < 4.78 is 15.4. The summed E-state index contributed by atoms with van der Waals surface area (Å²) in [5.74, 6) is 0.0880. The third-order valence-corrected chi connectivity index (χ3v) is 3.38. The van der Waals surface area contributed by atoms with Crippen molar-refractivity contribution in [3.8, 4) is 11.5 Å². The first-order chi connectivity index (χ1) is 12.1. The molecule has 0 unspecified atom stereocenters. The maximum Gasteiger partial charge on any atom is 0.325 e. The van der Waals surface area contributed by atoms with Crippen molar-refractivity contribution >= 4 is 11.9 Å². The zero-order valence-electron chi connectivity index (χ0n) is 13.5. The van der Waals surface area contributed by atoms with E-state index in [9.17, 15) is 9.59 Å². The number of furan rings is 1. The SMILES string of the molecule is Cc1cccc(C(=O)NCC(=O)OCc2cc(-c3ccco3)on2)c1. The highest BCUT2D eigenvalue weighted by molar-refractivity contribution is 5.96. The fraction of sp³-hybridized carbons (Fsp3) is 0.167. The Morgan fingerprint density at radius 1 is 1.16 bits per heavy atom.